The highest BCUT2D eigenvalue weighted by Crippen LogP contribution is 2.49. The van der Waals surface area contributed by atoms with E-state index in [9.17, 15) is 10.2 Å². The molecule has 0 fully saturated rings. The lowest BCUT2D eigenvalue weighted by Crippen LogP contribution is -2.41. The molecule has 0 amide bonds. The number of aromatic nitrogens is 1. The summed E-state index contributed by atoms with van der Waals surface area (Å²) in [6.45, 7) is 0.578. The Hall–Kier alpha value is -4.05. The lowest BCUT2D eigenvalue weighted by molar-refractivity contribution is 0.0468. The molecule has 6 nitrogen and oxygen atoms in total. The third-order valence-corrected chi connectivity index (χ3v) is 6.59. The van der Waals surface area contributed by atoms with Gasteiger partial charge in [-0.2, -0.15) is 0 Å². The minimum atomic E-state index is -1.50. The number of benzene rings is 2. The minimum Gasteiger partial charge on any atom is -0.493 e. The first-order valence-corrected chi connectivity index (χ1v) is 12.1. The second kappa shape index (κ2) is 11.3. The van der Waals surface area contributed by atoms with Gasteiger partial charge in [-0.1, -0.05) is 60.0 Å². The third-order valence-electron chi connectivity index (χ3n) is 6.59. The zero-order valence-corrected chi connectivity index (χ0v) is 21.6. The van der Waals surface area contributed by atoms with Crippen molar-refractivity contribution in [1.29, 1.82) is 0 Å². The van der Waals surface area contributed by atoms with Gasteiger partial charge < -0.3 is 24.6 Å². The number of allylic oxidation sites excluding steroid dienone is 2. The molecule has 1 aliphatic carbocycles. The number of hydrogen-bond acceptors (Lipinski definition) is 6. The number of para-hydroxylation sites is 1. The third kappa shape index (κ3) is 5.39. The molecule has 0 spiro atoms. The van der Waals surface area contributed by atoms with E-state index in [0.717, 1.165) is 11.1 Å². The van der Waals surface area contributed by atoms with Crippen molar-refractivity contribution in [2.24, 2.45) is 0 Å². The van der Waals surface area contributed by atoms with Crippen LogP contribution in [0.15, 0.2) is 96.1 Å². The first kappa shape index (κ1) is 26.0. The van der Waals surface area contributed by atoms with E-state index < -0.39 is 11.5 Å². The Bertz CT molecular complexity index is 1380. The molecule has 3 aromatic rings. The predicted molar refractivity (Wildman–Crippen MR) is 145 cm³/mol. The van der Waals surface area contributed by atoms with E-state index in [-0.39, 0.29) is 5.88 Å². The summed E-state index contributed by atoms with van der Waals surface area (Å²) < 4.78 is 11.4. The molecule has 2 unspecified atom stereocenters. The highest BCUT2D eigenvalue weighted by molar-refractivity contribution is 5.66. The van der Waals surface area contributed by atoms with Gasteiger partial charge in [0.2, 0.25) is 5.88 Å². The molecule has 0 saturated heterocycles. The average Bonchev–Trinajstić information content (AvgIpc) is 2.93. The molecule has 190 valence electrons. The van der Waals surface area contributed by atoms with Gasteiger partial charge in [-0.3, -0.25) is 0 Å². The van der Waals surface area contributed by atoms with Gasteiger partial charge in [-0.15, -0.1) is 0 Å². The lowest BCUT2D eigenvalue weighted by atomic mass is 9.70. The summed E-state index contributed by atoms with van der Waals surface area (Å²) in [5, 5.41) is 23.8. The number of nitrogens with zero attached hydrogens (tertiary/aromatic N) is 2. The van der Waals surface area contributed by atoms with Crippen molar-refractivity contribution in [2.75, 3.05) is 34.9 Å². The number of ether oxygens (including phenoxy) is 2. The van der Waals surface area contributed by atoms with Crippen LogP contribution in [0.25, 0.3) is 11.1 Å². The van der Waals surface area contributed by atoms with E-state index in [1.54, 1.807) is 32.6 Å². The van der Waals surface area contributed by atoms with Crippen LogP contribution in [0.2, 0.25) is 0 Å². The molecular weight excluding hydrogens is 464 g/mol. The number of pyridine rings is 1. The van der Waals surface area contributed by atoms with Gasteiger partial charge >= 0.3 is 0 Å². The first-order valence-electron chi connectivity index (χ1n) is 12.1. The molecule has 37 heavy (non-hydrogen) atoms. The van der Waals surface area contributed by atoms with Gasteiger partial charge in [0, 0.05) is 35.0 Å². The lowest BCUT2D eigenvalue weighted by Gasteiger charge is -2.39. The minimum absolute atomic E-state index is 0.169. The fraction of sp³-hybridized carbons (Fsp3) is 0.258. The van der Waals surface area contributed by atoms with E-state index in [4.69, 9.17) is 9.47 Å². The van der Waals surface area contributed by atoms with Crippen LogP contribution in [0.3, 0.4) is 0 Å². The maximum atomic E-state index is 12.7. The monoisotopic (exact) mass is 496 g/mol. The second-order valence-corrected chi connectivity index (χ2v) is 9.20. The van der Waals surface area contributed by atoms with Crippen molar-refractivity contribution < 1.29 is 19.7 Å². The Balaban J connectivity index is 2.04. The number of aromatic hydroxyl groups is 1. The highest BCUT2D eigenvalue weighted by Gasteiger charge is 2.45. The van der Waals surface area contributed by atoms with E-state index in [1.807, 2.05) is 79.7 Å². The highest BCUT2D eigenvalue weighted by atomic mass is 16.5. The van der Waals surface area contributed by atoms with Crippen LogP contribution in [-0.2, 0) is 0 Å². The molecular formula is C31H32N2O4. The summed E-state index contributed by atoms with van der Waals surface area (Å²) in [5.41, 5.74) is 8.03. The Morgan fingerprint density at radius 1 is 1.00 bits per heavy atom. The van der Waals surface area contributed by atoms with Gasteiger partial charge in [0.25, 0.3) is 0 Å². The maximum Gasteiger partial charge on any atom is 0.214 e. The summed E-state index contributed by atoms with van der Waals surface area (Å²) in [5.74, 6) is 0.0522. The number of hydrogen-bond donors (Lipinski definition) is 2. The first-order chi connectivity index (χ1) is 17.9. The SMILES string of the molecule is COc1cccc(C(c2cc(-c3ccccc3)cnc2O)C(O)(CCN(C)C)C2=C=C=CC=C2)c1OC. The fourth-order valence-corrected chi connectivity index (χ4v) is 4.73. The van der Waals surface area contributed by atoms with Gasteiger partial charge in [0.05, 0.1) is 20.1 Å². The maximum absolute atomic E-state index is 12.7. The molecule has 0 aliphatic heterocycles. The molecule has 0 saturated carbocycles. The van der Waals surface area contributed by atoms with Crippen LogP contribution in [-0.4, -0.2) is 60.6 Å². The zero-order valence-electron chi connectivity index (χ0n) is 21.6. The summed E-state index contributed by atoms with van der Waals surface area (Å²) in [6, 6.07) is 17.2. The van der Waals surface area contributed by atoms with Crippen molar-refractivity contribution in [3.63, 3.8) is 0 Å². The molecule has 4 rings (SSSR count). The van der Waals surface area contributed by atoms with Crippen molar-refractivity contribution in [1.82, 2.24) is 9.88 Å². The Kier molecular flexibility index (Phi) is 7.98. The van der Waals surface area contributed by atoms with Crippen LogP contribution < -0.4 is 9.47 Å². The van der Waals surface area contributed by atoms with E-state index in [2.05, 4.69) is 16.4 Å². The van der Waals surface area contributed by atoms with Crippen LogP contribution in [0.1, 0.15) is 23.5 Å². The van der Waals surface area contributed by atoms with Gasteiger partial charge in [-0.25, -0.2) is 4.98 Å². The molecule has 6 heteroatoms. The smallest absolute Gasteiger partial charge is 0.214 e. The average molecular weight is 497 g/mol. The summed E-state index contributed by atoms with van der Waals surface area (Å²) in [7, 11) is 7.05. The van der Waals surface area contributed by atoms with Gasteiger partial charge in [0.1, 0.15) is 5.60 Å². The second-order valence-electron chi connectivity index (χ2n) is 9.20. The largest absolute Gasteiger partial charge is 0.493 e. The van der Waals surface area contributed by atoms with Gasteiger partial charge in [0.15, 0.2) is 11.5 Å². The Morgan fingerprint density at radius 3 is 2.43 bits per heavy atom. The zero-order chi connectivity index (χ0) is 26.4. The molecule has 0 radical (unpaired) electrons. The van der Waals surface area contributed by atoms with E-state index >= 15 is 0 Å². The number of aliphatic hydroxyl groups is 1. The van der Waals surface area contributed by atoms with Crippen molar-refractivity contribution in [3.05, 3.63) is 107 Å². The fourth-order valence-electron chi connectivity index (χ4n) is 4.73. The molecule has 1 heterocycles. The molecule has 2 N–H and O–H groups in total. The number of rotatable bonds is 10. The Labute approximate surface area is 218 Å². The molecule has 0 bridgehead atoms. The van der Waals surface area contributed by atoms with Crippen LogP contribution in [0.4, 0.5) is 0 Å². The standard InChI is InChI=1S/C31H32N2O4/c1-33(2)19-18-31(35,24-14-9-6-10-15-24)28(25-16-11-17-27(36-3)29(25)37-4)26-20-23(21-32-30(26)34)22-12-7-5-8-13-22/h5-9,11-14,16-17,20-21,28,35H,18-19H2,1-4H3,(H,32,34). The quantitative estimate of drug-likeness (QED) is 0.381. The van der Waals surface area contributed by atoms with Crippen LogP contribution in [0, 0.1) is 0 Å². The predicted octanol–water partition coefficient (Wildman–Crippen LogP) is 5.09. The normalized spacial score (nSPS) is 14.8. The van der Waals surface area contributed by atoms with Gasteiger partial charge in [-0.05, 0) is 50.4 Å². The Morgan fingerprint density at radius 2 is 1.78 bits per heavy atom. The van der Waals surface area contributed by atoms with Crippen molar-refractivity contribution in [2.45, 2.75) is 17.9 Å². The molecule has 1 aromatic heterocycles. The van der Waals surface area contributed by atoms with E-state index in [1.165, 1.54) is 0 Å². The summed E-state index contributed by atoms with van der Waals surface area (Å²) in [4.78, 5) is 6.36. The summed E-state index contributed by atoms with van der Waals surface area (Å²) >= 11 is 0. The van der Waals surface area contributed by atoms with E-state index in [0.29, 0.717) is 41.2 Å². The van der Waals surface area contributed by atoms with Crippen molar-refractivity contribution >= 4 is 0 Å². The molecule has 2 aromatic carbocycles. The molecule has 1 aliphatic rings. The molecule has 2 atom stereocenters. The number of methoxy groups -OCH3 is 2. The topological polar surface area (TPSA) is 75.0 Å². The van der Waals surface area contributed by atoms with Crippen molar-refractivity contribution in [3.8, 4) is 28.5 Å². The van der Waals surface area contributed by atoms with Crippen LogP contribution in [0.5, 0.6) is 17.4 Å². The van der Waals surface area contributed by atoms with Crippen LogP contribution >= 0.6 is 0 Å². The summed E-state index contributed by atoms with van der Waals surface area (Å²) in [6.07, 6.45) is 7.37.